The van der Waals surface area contributed by atoms with Crippen molar-refractivity contribution in [3.63, 3.8) is 0 Å². The molecule has 0 radical (unpaired) electrons. The number of carbonyl (C=O) groups is 1. The summed E-state index contributed by atoms with van der Waals surface area (Å²) in [7, 11) is -0.590. The second-order valence-corrected chi connectivity index (χ2v) is 10.7. The summed E-state index contributed by atoms with van der Waals surface area (Å²) in [6, 6.07) is 13.3. The van der Waals surface area contributed by atoms with Crippen LogP contribution in [0.5, 0.6) is 5.75 Å². The third kappa shape index (κ3) is 4.25. The van der Waals surface area contributed by atoms with Gasteiger partial charge in [-0.1, -0.05) is 12.1 Å². The van der Waals surface area contributed by atoms with Gasteiger partial charge in [-0.25, -0.2) is 17.5 Å². The van der Waals surface area contributed by atoms with E-state index in [0.29, 0.717) is 15.9 Å². The van der Waals surface area contributed by atoms with Gasteiger partial charge in [-0.15, -0.1) is 23.5 Å². The van der Waals surface area contributed by atoms with E-state index in [4.69, 9.17) is 4.74 Å². The van der Waals surface area contributed by atoms with E-state index in [1.807, 2.05) is 35.7 Å². The lowest BCUT2D eigenvalue weighted by Crippen LogP contribution is -2.22. The van der Waals surface area contributed by atoms with Gasteiger partial charge in [0.2, 0.25) is 10.0 Å². The summed E-state index contributed by atoms with van der Waals surface area (Å²) in [5.41, 5.74) is 1.52. The molecule has 5 nitrogen and oxygen atoms in total. The molecule has 26 heavy (non-hydrogen) atoms. The summed E-state index contributed by atoms with van der Waals surface area (Å²) in [4.78, 5) is 12.4. The fourth-order valence-electron chi connectivity index (χ4n) is 2.38. The summed E-state index contributed by atoms with van der Waals surface area (Å²) >= 11 is 3.84. The SMILES string of the molecule is CN(C)S(=O)(=O)c1ccc(C(=O)Oc2ccc(C3SCCS3)cc2)cc1. The maximum Gasteiger partial charge on any atom is 0.343 e. The molecule has 1 aliphatic heterocycles. The monoisotopic (exact) mass is 409 g/mol. The molecular formula is C18H19NO4S3. The summed E-state index contributed by atoms with van der Waals surface area (Å²) < 4.78 is 31.1. The summed E-state index contributed by atoms with van der Waals surface area (Å²) in [6.07, 6.45) is 0. The maximum atomic E-state index is 12.3. The van der Waals surface area contributed by atoms with Gasteiger partial charge < -0.3 is 4.74 Å². The van der Waals surface area contributed by atoms with Crippen LogP contribution in [0.2, 0.25) is 0 Å². The molecule has 1 fully saturated rings. The van der Waals surface area contributed by atoms with E-state index in [9.17, 15) is 13.2 Å². The normalized spacial score (nSPS) is 15.3. The minimum atomic E-state index is -3.51. The van der Waals surface area contributed by atoms with Gasteiger partial charge in [0, 0.05) is 25.6 Å². The average Bonchev–Trinajstić information content (AvgIpc) is 3.17. The van der Waals surface area contributed by atoms with Crippen LogP contribution in [0, 0.1) is 0 Å². The van der Waals surface area contributed by atoms with Crippen molar-refractivity contribution in [2.24, 2.45) is 0 Å². The first-order chi connectivity index (χ1) is 12.4. The van der Waals surface area contributed by atoms with Crippen molar-refractivity contribution < 1.29 is 17.9 Å². The van der Waals surface area contributed by atoms with Crippen molar-refractivity contribution >= 4 is 39.5 Å². The number of esters is 1. The molecule has 3 rings (SSSR count). The Hall–Kier alpha value is -1.48. The van der Waals surface area contributed by atoms with E-state index in [0.717, 1.165) is 15.8 Å². The quantitative estimate of drug-likeness (QED) is 0.555. The zero-order chi connectivity index (χ0) is 18.7. The molecule has 1 aliphatic rings. The first kappa shape index (κ1) is 19.3. The van der Waals surface area contributed by atoms with Crippen LogP contribution >= 0.6 is 23.5 Å². The van der Waals surface area contributed by atoms with E-state index >= 15 is 0 Å². The Morgan fingerprint density at radius 2 is 1.58 bits per heavy atom. The molecule has 0 unspecified atom stereocenters. The van der Waals surface area contributed by atoms with Gasteiger partial charge in [-0.05, 0) is 42.0 Å². The lowest BCUT2D eigenvalue weighted by molar-refractivity contribution is 0.0734. The van der Waals surface area contributed by atoms with Crippen LogP contribution in [0.1, 0.15) is 20.5 Å². The molecule has 0 spiro atoms. The number of sulfonamides is 1. The van der Waals surface area contributed by atoms with Gasteiger partial charge in [0.25, 0.3) is 0 Å². The number of ether oxygens (including phenoxy) is 1. The molecule has 0 bridgehead atoms. The fraction of sp³-hybridized carbons (Fsp3) is 0.278. The fourth-order valence-corrected chi connectivity index (χ4v) is 6.14. The zero-order valence-electron chi connectivity index (χ0n) is 14.4. The van der Waals surface area contributed by atoms with Gasteiger partial charge in [0.05, 0.1) is 15.0 Å². The Morgan fingerprint density at radius 3 is 2.12 bits per heavy atom. The highest BCUT2D eigenvalue weighted by atomic mass is 32.2. The minimum absolute atomic E-state index is 0.134. The van der Waals surface area contributed by atoms with E-state index in [1.54, 1.807) is 12.1 Å². The Morgan fingerprint density at radius 1 is 1.00 bits per heavy atom. The van der Waals surface area contributed by atoms with Crippen molar-refractivity contribution in [3.05, 3.63) is 59.7 Å². The lowest BCUT2D eigenvalue weighted by atomic mass is 10.2. The number of rotatable bonds is 5. The lowest BCUT2D eigenvalue weighted by Gasteiger charge is -2.12. The molecule has 1 heterocycles. The van der Waals surface area contributed by atoms with E-state index in [2.05, 4.69) is 0 Å². The molecule has 0 aliphatic carbocycles. The van der Waals surface area contributed by atoms with E-state index < -0.39 is 16.0 Å². The van der Waals surface area contributed by atoms with Crippen LogP contribution in [-0.2, 0) is 10.0 Å². The van der Waals surface area contributed by atoms with Crippen LogP contribution in [0.4, 0.5) is 0 Å². The van der Waals surface area contributed by atoms with Gasteiger partial charge in [0.1, 0.15) is 5.75 Å². The van der Waals surface area contributed by atoms with Crippen LogP contribution < -0.4 is 4.74 Å². The number of thioether (sulfide) groups is 2. The standard InChI is InChI=1S/C18H19NO4S3/c1-19(2)26(21,22)16-9-5-13(6-10-16)17(20)23-15-7-3-14(4-8-15)18-24-11-12-25-18/h3-10,18H,11-12H2,1-2H3. The molecule has 0 saturated carbocycles. The molecule has 1 saturated heterocycles. The number of benzene rings is 2. The molecular weight excluding hydrogens is 390 g/mol. The largest absolute Gasteiger partial charge is 0.423 e. The molecule has 2 aromatic rings. The van der Waals surface area contributed by atoms with Crippen molar-refractivity contribution in [1.29, 1.82) is 0 Å². The van der Waals surface area contributed by atoms with E-state index in [-0.39, 0.29) is 4.90 Å². The van der Waals surface area contributed by atoms with E-state index in [1.165, 1.54) is 43.9 Å². The van der Waals surface area contributed by atoms with Crippen molar-refractivity contribution in [3.8, 4) is 5.75 Å². The predicted molar refractivity (Wildman–Crippen MR) is 106 cm³/mol. The van der Waals surface area contributed by atoms with Crippen LogP contribution in [0.15, 0.2) is 53.4 Å². The molecule has 2 aromatic carbocycles. The molecule has 0 N–H and O–H groups in total. The molecule has 8 heteroatoms. The van der Waals surface area contributed by atoms with Crippen molar-refractivity contribution in [1.82, 2.24) is 4.31 Å². The summed E-state index contributed by atoms with van der Waals surface area (Å²) in [5.74, 6) is 2.27. The topological polar surface area (TPSA) is 63.7 Å². The smallest absolute Gasteiger partial charge is 0.343 e. The predicted octanol–water partition coefficient (Wildman–Crippen LogP) is 3.63. The van der Waals surface area contributed by atoms with Gasteiger partial charge >= 0.3 is 5.97 Å². The molecule has 0 atom stereocenters. The third-order valence-electron chi connectivity index (χ3n) is 3.85. The zero-order valence-corrected chi connectivity index (χ0v) is 16.9. The number of carbonyl (C=O) groups excluding carboxylic acids is 1. The highest BCUT2D eigenvalue weighted by Gasteiger charge is 2.19. The highest BCUT2D eigenvalue weighted by molar-refractivity contribution is 8.19. The first-order valence-corrected chi connectivity index (χ1v) is 11.5. The van der Waals surface area contributed by atoms with Gasteiger partial charge in [-0.3, -0.25) is 0 Å². The van der Waals surface area contributed by atoms with Gasteiger partial charge in [-0.2, -0.15) is 0 Å². The minimum Gasteiger partial charge on any atom is -0.423 e. The van der Waals surface area contributed by atoms with Crippen LogP contribution in [-0.4, -0.2) is 44.3 Å². The number of hydrogen-bond acceptors (Lipinski definition) is 6. The Labute approximate surface area is 162 Å². The van der Waals surface area contributed by atoms with Crippen LogP contribution in [0.3, 0.4) is 0 Å². The van der Waals surface area contributed by atoms with Crippen molar-refractivity contribution in [2.75, 3.05) is 25.6 Å². The molecule has 0 aromatic heterocycles. The number of hydrogen-bond donors (Lipinski definition) is 0. The Balaban J connectivity index is 1.68. The Bertz CT molecular complexity index is 872. The second-order valence-electron chi connectivity index (χ2n) is 5.84. The summed E-state index contributed by atoms with van der Waals surface area (Å²) in [5, 5.41) is 0. The third-order valence-corrected chi connectivity index (χ3v) is 8.79. The second kappa shape index (κ2) is 8.04. The maximum absolute atomic E-state index is 12.3. The van der Waals surface area contributed by atoms with Crippen molar-refractivity contribution in [2.45, 2.75) is 9.48 Å². The van der Waals surface area contributed by atoms with Gasteiger partial charge in [0.15, 0.2) is 0 Å². The number of nitrogens with zero attached hydrogens (tertiary/aromatic N) is 1. The molecule has 138 valence electrons. The first-order valence-electron chi connectivity index (χ1n) is 7.96. The van der Waals surface area contributed by atoms with Crippen LogP contribution in [0.25, 0.3) is 0 Å². The highest BCUT2D eigenvalue weighted by Crippen LogP contribution is 2.45. The molecule has 0 amide bonds. The average molecular weight is 410 g/mol. The Kier molecular flexibility index (Phi) is 5.96. The summed E-state index contributed by atoms with van der Waals surface area (Å²) in [6.45, 7) is 0.